The van der Waals surface area contributed by atoms with Gasteiger partial charge in [-0.25, -0.2) is 0 Å². The van der Waals surface area contributed by atoms with Crippen LogP contribution in [0.5, 0.6) is 11.5 Å². The van der Waals surface area contributed by atoms with Crippen LogP contribution in [0.15, 0.2) is 65.2 Å². The van der Waals surface area contributed by atoms with Gasteiger partial charge in [0.05, 0.1) is 29.5 Å². The van der Waals surface area contributed by atoms with Crippen molar-refractivity contribution >= 4 is 40.1 Å². The van der Waals surface area contributed by atoms with E-state index in [1.807, 2.05) is 30.3 Å². The molecule has 1 aromatic heterocycles. The van der Waals surface area contributed by atoms with Crippen LogP contribution in [0, 0.1) is 0 Å². The van der Waals surface area contributed by atoms with Gasteiger partial charge in [0.25, 0.3) is 0 Å². The molecule has 0 spiro atoms. The van der Waals surface area contributed by atoms with Crippen molar-refractivity contribution in [2.75, 3.05) is 17.7 Å². The number of carbonyl (C=O) groups excluding carboxylic acids is 1. The maximum atomic E-state index is 13.5. The average molecular weight is 453 g/mol. The Morgan fingerprint density at radius 1 is 1.13 bits per heavy atom. The lowest BCUT2D eigenvalue weighted by Crippen LogP contribution is -2.26. The first-order valence-corrected chi connectivity index (χ1v) is 11.3. The third kappa shape index (κ3) is 3.56. The molecular formula is C24H21ClN2O3S. The van der Waals surface area contributed by atoms with Gasteiger partial charge >= 0.3 is 0 Å². The molecule has 0 radical (unpaired) electrons. The van der Waals surface area contributed by atoms with Gasteiger partial charge in [-0.05, 0) is 47.7 Å². The highest BCUT2D eigenvalue weighted by molar-refractivity contribution is 7.10. The van der Waals surface area contributed by atoms with Gasteiger partial charge in [-0.3, -0.25) is 4.79 Å². The second kappa shape index (κ2) is 7.94. The number of aromatic hydroxyl groups is 1. The zero-order chi connectivity index (χ0) is 21.5. The van der Waals surface area contributed by atoms with Gasteiger partial charge in [-0.1, -0.05) is 29.8 Å². The van der Waals surface area contributed by atoms with E-state index in [1.54, 1.807) is 23.5 Å². The second-order valence-electron chi connectivity index (χ2n) is 7.74. The van der Waals surface area contributed by atoms with Crippen molar-refractivity contribution in [2.24, 2.45) is 0 Å². The quantitative estimate of drug-likeness (QED) is 0.448. The topological polar surface area (TPSA) is 70.6 Å². The van der Waals surface area contributed by atoms with E-state index in [1.165, 1.54) is 12.0 Å². The molecule has 5 nitrogen and oxygen atoms in total. The van der Waals surface area contributed by atoms with E-state index < -0.39 is 6.04 Å². The number of hydrogen-bond acceptors (Lipinski definition) is 6. The predicted octanol–water partition coefficient (Wildman–Crippen LogP) is 6.10. The number of para-hydroxylation sites is 2. The van der Waals surface area contributed by atoms with Crippen LogP contribution in [0.3, 0.4) is 0 Å². The van der Waals surface area contributed by atoms with Crippen molar-refractivity contribution < 1.29 is 14.6 Å². The van der Waals surface area contributed by atoms with Gasteiger partial charge < -0.3 is 20.5 Å². The largest absolute Gasteiger partial charge is 0.503 e. The number of halogens is 1. The molecule has 2 aliphatic rings. The number of Topliss-reactive ketones (excluding diaryl/α,β-unsaturated/α-hetero) is 1. The lowest BCUT2D eigenvalue weighted by atomic mass is 9.80. The summed E-state index contributed by atoms with van der Waals surface area (Å²) in [5.41, 5.74) is 4.20. The lowest BCUT2D eigenvalue weighted by Gasteiger charge is -2.29. The molecule has 0 amide bonds. The number of rotatable bonds is 3. The predicted molar refractivity (Wildman–Crippen MR) is 124 cm³/mol. The fourth-order valence-electron chi connectivity index (χ4n) is 4.38. The van der Waals surface area contributed by atoms with Crippen LogP contribution in [0.25, 0.3) is 0 Å². The van der Waals surface area contributed by atoms with E-state index in [0.29, 0.717) is 12.0 Å². The third-order valence-corrected chi connectivity index (χ3v) is 7.18. The number of anilines is 2. The van der Waals surface area contributed by atoms with Crippen molar-refractivity contribution in [3.8, 4) is 11.5 Å². The first-order chi connectivity index (χ1) is 15.0. The number of phenolic OH excluding ortho intramolecular Hbond substituents is 1. The molecule has 5 rings (SSSR count). The number of phenols is 1. The summed E-state index contributed by atoms with van der Waals surface area (Å²) in [6.45, 7) is 0. The van der Waals surface area contributed by atoms with Gasteiger partial charge in [-0.15, -0.1) is 11.3 Å². The summed E-state index contributed by atoms with van der Waals surface area (Å²) in [6, 6.07) is 15.0. The third-order valence-electron chi connectivity index (χ3n) is 5.86. The summed E-state index contributed by atoms with van der Waals surface area (Å²) in [5.74, 6) is 0.418. The number of methoxy groups -OCH3 is 1. The lowest BCUT2D eigenvalue weighted by molar-refractivity contribution is -0.116. The first kappa shape index (κ1) is 20.0. The number of thiophene rings is 1. The number of benzene rings is 2. The molecule has 2 heterocycles. The zero-order valence-electron chi connectivity index (χ0n) is 16.8. The van der Waals surface area contributed by atoms with Crippen molar-refractivity contribution in [1.82, 2.24) is 0 Å². The summed E-state index contributed by atoms with van der Waals surface area (Å²) in [4.78, 5) is 14.7. The molecule has 2 aromatic carbocycles. The van der Waals surface area contributed by atoms with E-state index in [9.17, 15) is 9.90 Å². The molecule has 0 saturated carbocycles. The molecule has 3 N–H and O–H groups in total. The highest BCUT2D eigenvalue weighted by Gasteiger charge is 2.36. The van der Waals surface area contributed by atoms with Crippen LogP contribution >= 0.6 is 22.9 Å². The van der Waals surface area contributed by atoms with Crippen LogP contribution in [0.4, 0.5) is 11.4 Å². The van der Waals surface area contributed by atoms with Crippen LogP contribution in [-0.2, 0) is 4.79 Å². The van der Waals surface area contributed by atoms with E-state index in [0.717, 1.165) is 29.1 Å². The highest BCUT2D eigenvalue weighted by Crippen LogP contribution is 2.46. The molecule has 0 bridgehead atoms. The number of ketones is 1. The Morgan fingerprint density at radius 3 is 2.68 bits per heavy atom. The fraction of sp³-hybridized carbons (Fsp3) is 0.208. The zero-order valence-corrected chi connectivity index (χ0v) is 18.4. The summed E-state index contributed by atoms with van der Waals surface area (Å²) in [6.07, 6.45) is 1.20. The number of carbonyl (C=O) groups is 1. The standard InChI is InChI=1S/C24H21ClN2O3S/c1-30-20-12-14(9-15(25)24(20)29)23-22-18(26-16-5-2-3-6-17(16)27-23)10-13(11-19(22)28)21-7-4-8-31-21/h2-9,12-13,23,26-27,29H,10-11H2,1H3/t13-,23-/m1/s1. The Hall–Kier alpha value is -2.96. The molecule has 0 saturated heterocycles. The minimum absolute atomic E-state index is 0.0978. The van der Waals surface area contributed by atoms with Crippen molar-refractivity contribution in [3.63, 3.8) is 0 Å². The van der Waals surface area contributed by atoms with Crippen LogP contribution < -0.4 is 15.4 Å². The van der Waals surface area contributed by atoms with Gasteiger partial charge in [0, 0.05) is 28.5 Å². The number of nitrogens with one attached hydrogen (secondary N) is 2. The Bertz CT molecular complexity index is 1190. The summed E-state index contributed by atoms with van der Waals surface area (Å²) in [5, 5.41) is 19.5. The maximum absolute atomic E-state index is 13.5. The molecule has 7 heteroatoms. The van der Waals surface area contributed by atoms with Crippen LogP contribution in [0.2, 0.25) is 5.02 Å². The highest BCUT2D eigenvalue weighted by atomic mass is 35.5. The van der Waals surface area contributed by atoms with Crippen molar-refractivity contribution in [1.29, 1.82) is 0 Å². The molecule has 31 heavy (non-hydrogen) atoms. The summed E-state index contributed by atoms with van der Waals surface area (Å²) >= 11 is 7.97. The van der Waals surface area contributed by atoms with Crippen LogP contribution in [-0.4, -0.2) is 18.0 Å². The fourth-order valence-corrected chi connectivity index (χ4v) is 5.43. The Kier molecular flexibility index (Phi) is 5.12. The number of ether oxygens (including phenoxy) is 1. The number of allylic oxidation sites excluding steroid dienone is 1. The maximum Gasteiger partial charge on any atom is 0.176 e. The molecular weight excluding hydrogens is 432 g/mol. The summed E-state index contributed by atoms with van der Waals surface area (Å²) in [7, 11) is 1.48. The van der Waals surface area contributed by atoms with E-state index in [-0.39, 0.29) is 28.2 Å². The van der Waals surface area contributed by atoms with Crippen molar-refractivity contribution in [2.45, 2.75) is 24.8 Å². The average Bonchev–Trinajstić information content (AvgIpc) is 3.24. The molecule has 2 atom stereocenters. The van der Waals surface area contributed by atoms with Gasteiger partial charge in [0.2, 0.25) is 0 Å². The SMILES string of the molecule is COc1cc([C@H]2Nc3ccccc3NC3=C2C(=O)C[C@H](c2cccs2)C3)cc(Cl)c1O. The first-order valence-electron chi connectivity index (χ1n) is 10.0. The van der Waals surface area contributed by atoms with Crippen molar-refractivity contribution in [3.05, 3.63) is 80.6 Å². The molecule has 0 unspecified atom stereocenters. The Labute approximate surface area is 189 Å². The van der Waals surface area contributed by atoms with Crippen LogP contribution in [0.1, 0.15) is 35.2 Å². The molecule has 158 valence electrons. The van der Waals surface area contributed by atoms with Gasteiger partial charge in [0.1, 0.15) is 0 Å². The van der Waals surface area contributed by atoms with E-state index in [2.05, 4.69) is 22.1 Å². The minimum Gasteiger partial charge on any atom is -0.503 e. The molecule has 1 aliphatic carbocycles. The monoisotopic (exact) mass is 452 g/mol. The Balaban J connectivity index is 1.65. The van der Waals surface area contributed by atoms with E-state index >= 15 is 0 Å². The Morgan fingerprint density at radius 2 is 1.94 bits per heavy atom. The second-order valence-corrected chi connectivity index (χ2v) is 9.12. The van der Waals surface area contributed by atoms with Gasteiger partial charge in [-0.2, -0.15) is 0 Å². The number of hydrogen-bond donors (Lipinski definition) is 3. The van der Waals surface area contributed by atoms with Gasteiger partial charge in [0.15, 0.2) is 17.3 Å². The molecule has 0 fully saturated rings. The summed E-state index contributed by atoms with van der Waals surface area (Å²) < 4.78 is 5.31. The minimum atomic E-state index is -0.421. The van der Waals surface area contributed by atoms with E-state index in [4.69, 9.17) is 16.3 Å². The molecule has 1 aliphatic heterocycles. The smallest absolute Gasteiger partial charge is 0.176 e. The molecule has 3 aromatic rings. The normalized spacial score (nSPS) is 20.3. The number of fused-ring (bicyclic) bond motifs is 1.